The molecule has 0 aromatic heterocycles. The highest BCUT2D eigenvalue weighted by Gasteiger charge is 2.32. The summed E-state index contributed by atoms with van der Waals surface area (Å²) in [5.74, 6) is -1.43. The molecule has 0 spiro atoms. The Balaban J connectivity index is 2.07. The summed E-state index contributed by atoms with van der Waals surface area (Å²) >= 11 is 0. The zero-order valence-electron chi connectivity index (χ0n) is 11.0. The van der Waals surface area contributed by atoms with Gasteiger partial charge in [-0.15, -0.1) is 0 Å². The molecule has 1 aromatic carbocycles. The van der Waals surface area contributed by atoms with Gasteiger partial charge in [-0.3, -0.25) is 4.79 Å². The lowest BCUT2D eigenvalue weighted by Crippen LogP contribution is -2.23. The van der Waals surface area contributed by atoms with Crippen molar-refractivity contribution in [2.24, 2.45) is 5.92 Å². The fraction of sp³-hybridized carbons (Fsp3) is 0.385. The van der Waals surface area contributed by atoms with E-state index in [1.54, 1.807) is 18.2 Å². The highest BCUT2D eigenvalue weighted by molar-refractivity contribution is 7.91. The number of hydrogen-bond donors (Lipinski definition) is 1. The normalized spacial score (nSPS) is 20.4. The lowest BCUT2D eigenvalue weighted by molar-refractivity contribution is -0.119. The standard InChI is InChI=1S/C13H15NO5S/c1-19-13(16)9-3-2-4-11(7-9)14-12(15)10-5-6-20(17,18)8-10/h2-4,7,10H,5-6,8H2,1H3,(H,14,15). The molecular formula is C13H15NO5S. The molecule has 1 fully saturated rings. The van der Waals surface area contributed by atoms with Gasteiger partial charge in [0.05, 0.1) is 30.1 Å². The molecule has 0 bridgehead atoms. The third-order valence-electron chi connectivity index (χ3n) is 3.15. The van der Waals surface area contributed by atoms with Crippen LogP contribution >= 0.6 is 0 Å². The van der Waals surface area contributed by atoms with Crippen LogP contribution in [0, 0.1) is 5.92 Å². The third kappa shape index (κ3) is 3.36. The van der Waals surface area contributed by atoms with E-state index in [0.717, 1.165) is 0 Å². The number of hydrogen-bond acceptors (Lipinski definition) is 5. The van der Waals surface area contributed by atoms with Crippen LogP contribution in [0.5, 0.6) is 0 Å². The molecule has 2 rings (SSSR count). The number of sulfone groups is 1. The summed E-state index contributed by atoms with van der Waals surface area (Å²) in [5.41, 5.74) is 0.770. The second-order valence-electron chi connectivity index (χ2n) is 4.66. The van der Waals surface area contributed by atoms with E-state index in [-0.39, 0.29) is 17.4 Å². The number of rotatable bonds is 3. The van der Waals surface area contributed by atoms with Gasteiger partial charge in [0.25, 0.3) is 0 Å². The summed E-state index contributed by atoms with van der Waals surface area (Å²) in [7, 11) is -1.82. The first-order valence-corrected chi connectivity index (χ1v) is 7.93. The first-order chi connectivity index (χ1) is 9.41. The number of methoxy groups -OCH3 is 1. The number of carbonyl (C=O) groups is 2. The molecule has 1 atom stereocenters. The summed E-state index contributed by atoms with van der Waals surface area (Å²) in [6.45, 7) is 0. The van der Waals surface area contributed by atoms with Crippen molar-refractivity contribution >= 4 is 27.4 Å². The summed E-state index contributed by atoms with van der Waals surface area (Å²) < 4.78 is 27.3. The van der Waals surface area contributed by atoms with Crippen LogP contribution < -0.4 is 5.32 Å². The fourth-order valence-corrected chi connectivity index (χ4v) is 3.83. The van der Waals surface area contributed by atoms with Gasteiger partial charge in [0.2, 0.25) is 5.91 Å². The van der Waals surface area contributed by atoms with E-state index < -0.39 is 21.7 Å². The highest BCUT2D eigenvalue weighted by atomic mass is 32.2. The monoisotopic (exact) mass is 297 g/mol. The van der Waals surface area contributed by atoms with Crippen molar-refractivity contribution in [1.29, 1.82) is 0 Å². The minimum atomic E-state index is -3.09. The molecule has 1 saturated heterocycles. The van der Waals surface area contributed by atoms with Crippen molar-refractivity contribution in [1.82, 2.24) is 0 Å². The molecule has 6 nitrogen and oxygen atoms in total. The lowest BCUT2D eigenvalue weighted by Gasteiger charge is -2.10. The summed E-state index contributed by atoms with van der Waals surface area (Å²) in [5, 5.41) is 2.63. The zero-order chi connectivity index (χ0) is 14.8. The molecule has 0 aliphatic carbocycles. The fourth-order valence-electron chi connectivity index (χ4n) is 2.09. The molecule has 0 saturated carbocycles. The molecule has 1 amide bonds. The Morgan fingerprint density at radius 1 is 1.35 bits per heavy atom. The van der Waals surface area contributed by atoms with Crippen LogP contribution in [0.4, 0.5) is 5.69 Å². The van der Waals surface area contributed by atoms with E-state index in [1.807, 2.05) is 0 Å². The molecule has 20 heavy (non-hydrogen) atoms. The van der Waals surface area contributed by atoms with Gasteiger partial charge in [-0.25, -0.2) is 13.2 Å². The second-order valence-corrected chi connectivity index (χ2v) is 6.89. The van der Waals surface area contributed by atoms with Gasteiger partial charge in [0.15, 0.2) is 9.84 Å². The summed E-state index contributed by atoms with van der Waals surface area (Å²) in [6, 6.07) is 6.32. The van der Waals surface area contributed by atoms with E-state index in [9.17, 15) is 18.0 Å². The SMILES string of the molecule is COC(=O)c1cccc(NC(=O)C2CCS(=O)(=O)C2)c1. The van der Waals surface area contributed by atoms with E-state index in [4.69, 9.17) is 0 Å². The molecule has 0 radical (unpaired) electrons. The Morgan fingerprint density at radius 3 is 2.70 bits per heavy atom. The van der Waals surface area contributed by atoms with Crippen LogP contribution in [0.25, 0.3) is 0 Å². The Bertz CT molecular complexity index is 638. The Hall–Kier alpha value is -1.89. The Kier molecular flexibility index (Phi) is 4.08. The molecule has 1 unspecified atom stereocenters. The van der Waals surface area contributed by atoms with Crippen molar-refractivity contribution in [3.63, 3.8) is 0 Å². The lowest BCUT2D eigenvalue weighted by atomic mass is 10.1. The Morgan fingerprint density at radius 2 is 2.10 bits per heavy atom. The van der Waals surface area contributed by atoms with Crippen molar-refractivity contribution < 1.29 is 22.7 Å². The van der Waals surface area contributed by atoms with Gasteiger partial charge >= 0.3 is 5.97 Å². The maximum Gasteiger partial charge on any atom is 0.337 e. The summed E-state index contributed by atoms with van der Waals surface area (Å²) in [6.07, 6.45) is 0.338. The average Bonchev–Trinajstić information content (AvgIpc) is 2.78. The molecule has 1 heterocycles. The van der Waals surface area contributed by atoms with Crippen LogP contribution in [0.15, 0.2) is 24.3 Å². The van der Waals surface area contributed by atoms with Gasteiger partial charge in [-0.1, -0.05) is 6.07 Å². The second kappa shape index (κ2) is 5.62. The smallest absolute Gasteiger partial charge is 0.337 e. The molecule has 1 aliphatic rings. The number of ether oxygens (including phenoxy) is 1. The van der Waals surface area contributed by atoms with Crippen LogP contribution in [-0.2, 0) is 19.4 Å². The molecule has 1 aromatic rings. The van der Waals surface area contributed by atoms with E-state index in [1.165, 1.54) is 13.2 Å². The molecule has 7 heteroatoms. The molecular weight excluding hydrogens is 282 g/mol. The van der Waals surface area contributed by atoms with Crippen molar-refractivity contribution in [3.8, 4) is 0 Å². The van der Waals surface area contributed by atoms with E-state index in [2.05, 4.69) is 10.1 Å². The highest BCUT2D eigenvalue weighted by Crippen LogP contribution is 2.21. The number of carbonyl (C=O) groups excluding carboxylic acids is 2. The van der Waals surface area contributed by atoms with E-state index >= 15 is 0 Å². The first kappa shape index (κ1) is 14.5. The average molecular weight is 297 g/mol. The molecule has 1 aliphatic heterocycles. The number of esters is 1. The Labute approximate surface area is 117 Å². The van der Waals surface area contributed by atoms with Crippen LogP contribution in [0.1, 0.15) is 16.8 Å². The third-order valence-corrected chi connectivity index (χ3v) is 4.92. The van der Waals surface area contributed by atoms with Crippen molar-refractivity contribution in [2.75, 3.05) is 23.9 Å². The maximum absolute atomic E-state index is 12.0. The topological polar surface area (TPSA) is 89.5 Å². The van der Waals surface area contributed by atoms with Gasteiger partial charge in [-0.2, -0.15) is 0 Å². The number of anilines is 1. The zero-order valence-corrected chi connectivity index (χ0v) is 11.8. The minimum Gasteiger partial charge on any atom is -0.465 e. The van der Waals surface area contributed by atoms with E-state index in [0.29, 0.717) is 17.7 Å². The molecule has 1 N–H and O–H groups in total. The minimum absolute atomic E-state index is 0.0489. The van der Waals surface area contributed by atoms with Gasteiger partial charge in [0.1, 0.15) is 0 Å². The van der Waals surface area contributed by atoms with Crippen molar-refractivity contribution in [3.05, 3.63) is 29.8 Å². The van der Waals surface area contributed by atoms with Gasteiger partial charge in [0, 0.05) is 5.69 Å². The van der Waals surface area contributed by atoms with Crippen LogP contribution in [-0.4, -0.2) is 38.9 Å². The number of amides is 1. The predicted molar refractivity (Wildman–Crippen MR) is 73.2 cm³/mol. The quantitative estimate of drug-likeness (QED) is 0.835. The largest absolute Gasteiger partial charge is 0.465 e. The van der Waals surface area contributed by atoms with Crippen molar-refractivity contribution in [2.45, 2.75) is 6.42 Å². The first-order valence-electron chi connectivity index (χ1n) is 6.11. The molecule has 108 valence electrons. The predicted octanol–water partition coefficient (Wildman–Crippen LogP) is 0.846. The number of benzene rings is 1. The number of nitrogens with one attached hydrogen (secondary N) is 1. The van der Waals surface area contributed by atoms with Gasteiger partial charge in [-0.05, 0) is 24.6 Å². The van der Waals surface area contributed by atoms with Gasteiger partial charge < -0.3 is 10.1 Å². The van der Waals surface area contributed by atoms with Crippen LogP contribution in [0.3, 0.4) is 0 Å². The maximum atomic E-state index is 12.0. The summed E-state index contributed by atoms with van der Waals surface area (Å²) in [4.78, 5) is 23.3. The van der Waals surface area contributed by atoms with Crippen LogP contribution in [0.2, 0.25) is 0 Å².